The lowest BCUT2D eigenvalue weighted by atomic mass is 9.33. The van der Waals surface area contributed by atoms with Gasteiger partial charge in [0.25, 0.3) is 0 Å². The van der Waals surface area contributed by atoms with Crippen LogP contribution in [0, 0.1) is 56.2 Å². The van der Waals surface area contributed by atoms with Crippen molar-refractivity contribution in [2.24, 2.45) is 56.2 Å². The first-order valence-corrected chi connectivity index (χ1v) is 18.1. The van der Waals surface area contributed by atoms with Crippen molar-refractivity contribution >= 4 is 17.7 Å². The molecule has 0 spiro atoms. The van der Waals surface area contributed by atoms with Gasteiger partial charge in [-0.3, -0.25) is 14.4 Å². The van der Waals surface area contributed by atoms with E-state index >= 15 is 0 Å². The first-order chi connectivity index (χ1) is 21.4. The van der Waals surface area contributed by atoms with Gasteiger partial charge in [-0.2, -0.15) is 0 Å². The average Bonchev–Trinajstić information content (AvgIpc) is 2.97. The fourth-order valence-electron chi connectivity index (χ4n) is 12.0. The van der Waals surface area contributed by atoms with E-state index in [4.69, 9.17) is 9.47 Å². The van der Waals surface area contributed by atoms with Gasteiger partial charge in [-0.05, 0) is 129 Å². The highest BCUT2D eigenvalue weighted by Crippen LogP contribution is 2.75. The zero-order valence-corrected chi connectivity index (χ0v) is 30.0. The Labute approximate surface area is 277 Å². The van der Waals surface area contributed by atoms with Crippen LogP contribution in [-0.4, -0.2) is 23.8 Å². The molecule has 0 N–H and O–H groups in total. The number of ether oxygens (including phenoxy) is 2. The Hall–Kier alpha value is -2.43. The highest BCUT2D eigenvalue weighted by molar-refractivity contribution is 5.96. The van der Waals surface area contributed by atoms with Gasteiger partial charge in [-0.25, -0.2) is 0 Å². The monoisotopic (exact) mass is 630 g/mol. The molecule has 9 atom stereocenters. The van der Waals surface area contributed by atoms with Crippen molar-refractivity contribution in [1.29, 1.82) is 0 Å². The van der Waals surface area contributed by atoms with Gasteiger partial charge in [0.15, 0.2) is 5.78 Å². The molecular weight excluding hydrogens is 572 g/mol. The molecule has 5 heteroatoms. The van der Waals surface area contributed by atoms with Crippen LogP contribution >= 0.6 is 0 Å². The van der Waals surface area contributed by atoms with Crippen molar-refractivity contribution in [2.45, 2.75) is 133 Å². The van der Waals surface area contributed by atoms with E-state index in [2.05, 4.69) is 54.5 Å². The van der Waals surface area contributed by atoms with Crippen LogP contribution in [0.5, 0.6) is 0 Å². The van der Waals surface area contributed by atoms with E-state index in [1.807, 2.05) is 44.2 Å². The molecule has 0 unspecified atom stereocenters. The van der Waals surface area contributed by atoms with Crippen molar-refractivity contribution < 1.29 is 23.9 Å². The normalized spacial score (nSPS) is 42.9. The van der Waals surface area contributed by atoms with E-state index < -0.39 is 5.41 Å². The predicted octanol–water partition coefficient (Wildman–Crippen LogP) is 9.28. The van der Waals surface area contributed by atoms with Gasteiger partial charge in [-0.1, -0.05) is 77.4 Å². The quantitative estimate of drug-likeness (QED) is 0.303. The third-order valence-corrected chi connectivity index (χ3v) is 15.0. The lowest BCUT2D eigenvalue weighted by Crippen LogP contribution is -2.66. The molecule has 0 amide bonds. The maximum atomic E-state index is 14.7. The Bertz CT molecular complexity index is 1430. The zero-order valence-electron chi connectivity index (χ0n) is 30.0. The van der Waals surface area contributed by atoms with Crippen LogP contribution in [0.4, 0.5) is 0 Å². The summed E-state index contributed by atoms with van der Waals surface area (Å²) in [6.07, 6.45) is 10.3. The Morgan fingerprint density at radius 2 is 1.54 bits per heavy atom. The van der Waals surface area contributed by atoms with E-state index in [9.17, 15) is 14.4 Å². The number of hydrogen-bond donors (Lipinski definition) is 0. The number of benzene rings is 1. The molecule has 4 saturated carbocycles. The van der Waals surface area contributed by atoms with Crippen molar-refractivity contribution in [3.8, 4) is 0 Å². The molecule has 1 aromatic carbocycles. The summed E-state index contributed by atoms with van der Waals surface area (Å²) in [5.74, 6) is 0.321. The van der Waals surface area contributed by atoms with E-state index in [0.717, 1.165) is 63.4 Å². The molecule has 0 aliphatic heterocycles. The van der Waals surface area contributed by atoms with Crippen LogP contribution in [-0.2, 0) is 30.5 Å². The minimum Gasteiger partial charge on any atom is -0.463 e. The molecule has 0 bridgehead atoms. The average molecular weight is 631 g/mol. The second-order valence-electron chi connectivity index (χ2n) is 18.2. The first-order valence-electron chi connectivity index (χ1n) is 18.1. The summed E-state index contributed by atoms with van der Waals surface area (Å²) in [4.78, 5) is 41.8. The molecule has 46 heavy (non-hydrogen) atoms. The Morgan fingerprint density at radius 3 is 2.22 bits per heavy atom. The van der Waals surface area contributed by atoms with E-state index in [1.165, 1.54) is 5.57 Å². The number of hydrogen-bond acceptors (Lipinski definition) is 5. The lowest BCUT2D eigenvalue weighted by molar-refractivity contribution is -0.200. The number of carbonyl (C=O) groups is 3. The summed E-state index contributed by atoms with van der Waals surface area (Å²) >= 11 is 0. The van der Waals surface area contributed by atoms with Crippen molar-refractivity contribution in [3.63, 3.8) is 0 Å². The van der Waals surface area contributed by atoms with Crippen LogP contribution < -0.4 is 0 Å². The summed E-state index contributed by atoms with van der Waals surface area (Å²) in [5, 5.41) is 0. The molecule has 4 fully saturated rings. The van der Waals surface area contributed by atoms with Crippen LogP contribution in [0.1, 0.15) is 126 Å². The van der Waals surface area contributed by atoms with E-state index in [1.54, 1.807) is 0 Å². The second-order valence-corrected chi connectivity index (χ2v) is 18.2. The molecule has 6 rings (SSSR count). The summed E-state index contributed by atoms with van der Waals surface area (Å²) < 4.78 is 11.7. The topological polar surface area (TPSA) is 69.7 Å². The van der Waals surface area contributed by atoms with Gasteiger partial charge >= 0.3 is 11.9 Å². The third-order valence-electron chi connectivity index (χ3n) is 15.0. The standard InChI is InChI=1S/C41H58O5/c1-26(2)46-34(43)28-15-17-39(7)32(36(28,3)4)16-18-41(9)33(39)31(42)23-29-30-24-38(6,20-19-37(30,5)21-22-40(29,41)8)35(44)45-25-27-13-11-10-12-14-27/h10-14,23,26,28,30,32-33H,15-22,24-25H2,1-9H3/t28-,30+,32+,33-,37-,38+,39+,40-,41-/m1/s1. The van der Waals surface area contributed by atoms with Crippen molar-refractivity contribution in [1.82, 2.24) is 0 Å². The molecule has 5 nitrogen and oxygen atoms in total. The van der Waals surface area contributed by atoms with Crippen molar-refractivity contribution in [2.75, 3.05) is 0 Å². The van der Waals surface area contributed by atoms with Crippen LogP contribution in [0.15, 0.2) is 42.0 Å². The van der Waals surface area contributed by atoms with Gasteiger partial charge in [0.2, 0.25) is 0 Å². The number of carbonyl (C=O) groups excluding carboxylic acids is 3. The highest BCUT2D eigenvalue weighted by Gasteiger charge is 2.70. The molecule has 0 aromatic heterocycles. The molecular formula is C41H58O5. The van der Waals surface area contributed by atoms with Gasteiger partial charge < -0.3 is 9.47 Å². The van der Waals surface area contributed by atoms with Crippen LogP contribution in [0.2, 0.25) is 0 Å². The highest BCUT2D eigenvalue weighted by atomic mass is 16.5. The Morgan fingerprint density at radius 1 is 0.870 bits per heavy atom. The molecule has 5 aliphatic rings. The predicted molar refractivity (Wildman–Crippen MR) is 180 cm³/mol. The first kappa shape index (κ1) is 33.5. The molecule has 1 aromatic rings. The van der Waals surface area contributed by atoms with Gasteiger partial charge in [0.05, 0.1) is 17.4 Å². The number of fused-ring (bicyclic) bond motifs is 7. The number of esters is 2. The summed E-state index contributed by atoms with van der Waals surface area (Å²) in [5.41, 5.74) is 1.09. The summed E-state index contributed by atoms with van der Waals surface area (Å²) in [6.45, 7) is 20.4. The molecule has 252 valence electrons. The fourth-order valence-corrected chi connectivity index (χ4v) is 12.0. The summed E-state index contributed by atoms with van der Waals surface area (Å²) in [7, 11) is 0. The fraction of sp³-hybridized carbons (Fsp3) is 0.732. The van der Waals surface area contributed by atoms with E-state index in [-0.39, 0.29) is 74.6 Å². The molecule has 0 heterocycles. The van der Waals surface area contributed by atoms with E-state index in [0.29, 0.717) is 6.61 Å². The van der Waals surface area contributed by atoms with Gasteiger partial charge in [0.1, 0.15) is 6.61 Å². The summed E-state index contributed by atoms with van der Waals surface area (Å²) in [6, 6.07) is 9.91. The number of ketones is 1. The maximum absolute atomic E-state index is 14.7. The SMILES string of the molecule is CC(C)OC(=O)[C@H]1CC[C@]2(C)[C@H]3C(=O)C=C4[C@@H]5C[C@@](C)(C(=O)OCc6ccccc6)CC[C@]5(C)CC[C@@]4(C)[C@]3(C)CC[C@H]2C1(C)C. The molecule has 0 radical (unpaired) electrons. The minimum atomic E-state index is -0.574. The van der Waals surface area contributed by atoms with Crippen molar-refractivity contribution in [3.05, 3.63) is 47.5 Å². The lowest BCUT2D eigenvalue weighted by Gasteiger charge is -2.70. The third kappa shape index (κ3) is 4.87. The Balaban J connectivity index is 1.31. The smallest absolute Gasteiger partial charge is 0.312 e. The largest absolute Gasteiger partial charge is 0.463 e. The maximum Gasteiger partial charge on any atom is 0.312 e. The van der Waals surface area contributed by atoms with Crippen LogP contribution in [0.3, 0.4) is 0 Å². The van der Waals surface area contributed by atoms with Gasteiger partial charge in [-0.15, -0.1) is 0 Å². The number of rotatable bonds is 5. The number of allylic oxidation sites excluding steroid dienone is 2. The van der Waals surface area contributed by atoms with Gasteiger partial charge in [0, 0.05) is 5.92 Å². The minimum absolute atomic E-state index is 0.0753. The molecule has 0 saturated heterocycles. The van der Waals surface area contributed by atoms with Crippen LogP contribution in [0.25, 0.3) is 0 Å². The Kier molecular flexibility index (Phi) is 8.04. The second kappa shape index (κ2) is 11.1. The zero-order chi connectivity index (χ0) is 33.5. The molecule has 5 aliphatic carbocycles.